The summed E-state index contributed by atoms with van der Waals surface area (Å²) in [4.78, 5) is 23.6. The molecule has 0 spiro atoms. The zero-order chi connectivity index (χ0) is 15.6. The topological polar surface area (TPSA) is 66.4 Å². The van der Waals surface area contributed by atoms with Crippen LogP contribution in [0.1, 0.15) is 31.8 Å². The van der Waals surface area contributed by atoms with Gasteiger partial charge in [0.15, 0.2) is 0 Å². The van der Waals surface area contributed by atoms with Crippen molar-refractivity contribution >= 4 is 33.5 Å². The number of hydrogen-bond donors (Lipinski definition) is 2. The van der Waals surface area contributed by atoms with E-state index in [0.717, 1.165) is 15.6 Å². The number of carboxylic acid groups (broad SMARTS) is 1. The van der Waals surface area contributed by atoms with Gasteiger partial charge in [-0.25, -0.2) is 4.79 Å². The van der Waals surface area contributed by atoms with E-state index < -0.39 is 5.97 Å². The van der Waals surface area contributed by atoms with E-state index in [9.17, 15) is 14.7 Å². The average Bonchev–Trinajstić information content (AvgIpc) is 2.43. The summed E-state index contributed by atoms with van der Waals surface area (Å²) < 4.78 is 0.831. The number of rotatable bonds is 3. The number of nitrogens with one attached hydrogen (secondary N) is 1. The summed E-state index contributed by atoms with van der Waals surface area (Å²) in [6, 6.07) is 10.2. The van der Waals surface area contributed by atoms with E-state index in [-0.39, 0.29) is 17.2 Å². The lowest BCUT2D eigenvalue weighted by Crippen LogP contribution is -2.16. The van der Waals surface area contributed by atoms with Crippen LogP contribution in [0.4, 0.5) is 5.69 Å². The Morgan fingerprint density at radius 1 is 1.10 bits per heavy atom. The summed E-state index contributed by atoms with van der Waals surface area (Å²) in [7, 11) is 0. The maximum atomic E-state index is 12.3. The Bertz CT molecular complexity index is 725. The van der Waals surface area contributed by atoms with Crippen molar-refractivity contribution in [3.63, 3.8) is 0 Å². The predicted molar refractivity (Wildman–Crippen MR) is 85.0 cm³/mol. The molecule has 0 aliphatic heterocycles. The van der Waals surface area contributed by atoms with E-state index in [1.807, 2.05) is 13.0 Å². The summed E-state index contributed by atoms with van der Waals surface area (Å²) in [5, 5.41) is 11.9. The zero-order valence-corrected chi connectivity index (χ0v) is 13.2. The van der Waals surface area contributed by atoms with E-state index >= 15 is 0 Å². The third-order valence-electron chi connectivity index (χ3n) is 3.17. The van der Waals surface area contributed by atoms with Crippen LogP contribution in [0.5, 0.6) is 0 Å². The Balaban J connectivity index is 2.36. The summed E-state index contributed by atoms with van der Waals surface area (Å²) in [6.45, 7) is 3.63. The molecule has 21 heavy (non-hydrogen) atoms. The summed E-state index contributed by atoms with van der Waals surface area (Å²) in [5.41, 5.74) is 2.50. The van der Waals surface area contributed by atoms with Crippen LogP contribution in [0.15, 0.2) is 40.9 Å². The van der Waals surface area contributed by atoms with E-state index in [1.165, 1.54) is 6.07 Å². The number of amides is 1. The third kappa shape index (κ3) is 3.31. The highest BCUT2D eigenvalue weighted by Gasteiger charge is 2.15. The standard InChI is InChI=1S/C16H14BrNO3/c1-9-6-7-14(12(8-9)16(20)21)18-15(19)11-4-3-5-13(17)10(11)2/h3-8H,1-2H3,(H,18,19)(H,20,21). The Kier molecular flexibility index (Phi) is 4.43. The Labute approximate surface area is 130 Å². The van der Waals surface area contributed by atoms with Gasteiger partial charge in [-0.2, -0.15) is 0 Å². The summed E-state index contributed by atoms with van der Waals surface area (Å²) in [6.07, 6.45) is 0. The monoisotopic (exact) mass is 347 g/mol. The number of carbonyl (C=O) groups is 2. The second kappa shape index (κ2) is 6.10. The molecule has 0 aliphatic carbocycles. The normalized spacial score (nSPS) is 10.2. The van der Waals surface area contributed by atoms with Crippen LogP contribution in [0, 0.1) is 13.8 Å². The van der Waals surface area contributed by atoms with Crippen LogP contribution in [0.2, 0.25) is 0 Å². The van der Waals surface area contributed by atoms with Crippen LogP contribution in [0.3, 0.4) is 0 Å². The van der Waals surface area contributed by atoms with Gasteiger partial charge < -0.3 is 10.4 Å². The van der Waals surface area contributed by atoms with Crippen LogP contribution in [0.25, 0.3) is 0 Å². The van der Waals surface area contributed by atoms with Crippen LogP contribution >= 0.6 is 15.9 Å². The average molecular weight is 348 g/mol. The first-order chi connectivity index (χ1) is 9.90. The molecule has 108 valence electrons. The van der Waals surface area contributed by atoms with Gasteiger partial charge in [-0.15, -0.1) is 0 Å². The molecule has 2 rings (SSSR count). The number of benzene rings is 2. The summed E-state index contributed by atoms with van der Waals surface area (Å²) in [5.74, 6) is -1.40. The van der Waals surface area contributed by atoms with Crippen molar-refractivity contribution in [3.05, 3.63) is 63.1 Å². The summed E-state index contributed by atoms with van der Waals surface area (Å²) >= 11 is 3.37. The van der Waals surface area contributed by atoms with Crippen molar-refractivity contribution in [1.82, 2.24) is 0 Å². The highest BCUT2D eigenvalue weighted by Crippen LogP contribution is 2.22. The fourth-order valence-corrected chi connectivity index (χ4v) is 2.35. The molecule has 4 nitrogen and oxygen atoms in total. The Morgan fingerprint density at radius 2 is 1.81 bits per heavy atom. The molecule has 0 atom stereocenters. The van der Waals surface area contributed by atoms with Gasteiger partial charge in [-0.3, -0.25) is 4.79 Å². The number of carbonyl (C=O) groups excluding carboxylic acids is 1. The Morgan fingerprint density at radius 3 is 2.48 bits per heavy atom. The quantitative estimate of drug-likeness (QED) is 0.881. The molecule has 0 bridgehead atoms. The van der Waals surface area contributed by atoms with E-state index in [0.29, 0.717) is 5.56 Å². The van der Waals surface area contributed by atoms with Gasteiger partial charge in [0.05, 0.1) is 11.3 Å². The SMILES string of the molecule is Cc1ccc(NC(=O)c2cccc(Br)c2C)c(C(=O)O)c1. The molecule has 0 aromatic heterocycles. The molecule has 0 fully saturated rings. The third-order valence-corrected chi connectivity index (χ3v) is 4.03. The van der Waals surface area contributed by atoms with Gasteiger partial charge in [0.25, 0.3) is 5.91 Å². The Hall–Kier alpha value is -2.14. The van der Waals surface area contributed by atoms with Gasteiger partial charge in [-0.1, -0.05) is 33.6 Å². The number of halogens is 1. The minimum atomic E-state index is -1.07. The fraction of sp³-hybridized carbons (Fsp3) is 0.125. The molecule has 0 saturated heterocycles. The molecule has 5 heteroatoms. The van der Waals surface area contributed by atoms with Gasteiger partial charge >= 0.3 is 5.97 Å². The number of aromatic carboxylic acids is 1. The van der Waals surface area contributed by atoms with Crippen molar-refractivity contribution in [2.75, 3.05) is 5.32 Å². The first kappa shape index (κ1) is 15.3. The fourth-order valence-electron chi connectivity index (χ4n) is 1.99. The van der Waals surface area contributed by atoms with Crippen molar-refractivity contribution < 1.29 is 14.7 Å². The van der Waals surface area contributed by atoms with E-state index in [2.05, 4.69) is 21.2 Å². The largest absolute Gasteiger partial charge is 0.478 e. The molecule has 0 unspecified atom stereocenters. The second-order valence-electron chi connectivity index (χ2n) is 4.72. The van der Waals surface area contributed by atoms with Crippen LogP contribution in [-0.2, 0) is 0 Å². The van der Waals surface area contributed by atoms with Gasteiger partial charge in [0.1, 0.15) is 0 Å². The first-order valence-electron chi connectivity index (χ1n) is 6.30. The predicted octanol–water partition coefficient (Wildman–Crippen LogP) is 4.02. The number of aryl methyl sites for hydroxylation is 1. The zero-order valence-electron chi connectivity index (χ0n) is 11.6. The van der Waals surface area contributed by atoms with Crippen LogP contribution < -0.4 is 5.32 Å². The van der Waals surface area contributed by atoms with E-state index in [4.69, 9.17) is 0 Å². The molecule has 0 heterocycles. The highest BCUT2D eigenvalue weighted by molar-refractivity contribution is 9.10. The maximum absolute atomic E-state index is 12.3. The minimum absolute atomic E-state index is 0.0796. The molecular weight excluding hydrogens is 334 g/mol. The molecule has 2 aromatic rings. The highest BCUT2D eigenvalue weighted by atomic mass is 79.9. The van der Waals surface area contributed by atoms with Crippen molar-refractivity contribution in [1.29, 1.82) is 0 Å². The maximum Gasteiger partial charge on any atom is 0.337 e. The second-order valence-corrected chi connectivity index (χ2v) is 5.58. The lowest BCUT2D eigenvalue weighted by atomic mass is 10.1. The smallest absolute Gasteiger partial charge is 0.337 e. The van der Waals surface area contributed by atoms with E-state index in [1.54, 1.807) is 31.2 Å². The number of hydrogen-bond acceptors (Lipinski definition) is 2. The van der Waals surface area contributed by atoms with Gasteiger partial charge in [-0.05, 0) is 43.7 Å². The van der Waals surface area contributed by atoms with Gasteiger partial charge in [0, 0.05) is 10.0 Å². The number of carboxylic acids is 1. The molecule has 0 aliphatic rings. The molecule has 0 saturated carbocycles. The van der Waals surface area contributed by atoms with Crippen molar-refractivity contribution in [2.45, 2.75) is 13.8 Å². The first-order valence-corrected chi connectivity index (χ1v) is 7.10. The lowest BCUT2D eigenvalue weighted by Gasteiger charge is -2.11. The number of anilines is 1. The van der Waals surface area contributed by atoms with Crippen molar-refractivity contribution in [2.24, 2.45) is 0 Å². The molecular formula is C16H14BrNO3. The molecule has 2 N–H and O–H groups in total. The molecule has 1 amide bonds. The van der Waals surface area contributed by atoms with Crippen molar-refractivity contribution in [3.8, 4) is 0 Å². The van der Waals surface area contributed by atoms with Crippen LogP contribution in [-0.4, -0.2) is 17.0 Å². The molecule has 2 aromatic carbocycles. The van der Waals surface area contributed by atoms with Gasteiger partial charge in [0.2, 0.25) is 0 Å². The molecule has 0 radical (unpaired) electrons. The minimum Gasteiger partial charge on any atom is -0.478 e. The lowest BCUT2D eigenvalue weighted by molar-refractivity contribution is 0.0698.